The zero-order valence-corrected chi connectivity index (χ0v) is 11.4. The highest BCUT2D eigenvalue weighted by molar-refractivity contribution is 6.33. The topological polar surface area (TPSA) is 28.2 Å². The Balaban J connectivity index is 2.36. The lowest BCUT2D eigenvalue weighted by atomic mass is 10.00. The third-order valence-electron chi connectivity index (χ3n) is 3.21. The number of alkyl halides is 3. The molecule has 1 aliphatic rings. The summed E-state index contributed by atoms with van der Waals surface area (Å²) in [6, 6.07) is 0.933. The van der Waals surface area contributed by atoms with Crippen molar-refractivity contribution >= 4 is 17.4 Å². The van der Waals surface area contributed by atoms with Gasteiger partial charge in [-0.2, -0.15) is 13.2 Å². The highest BCUT2D eigenvalue weighted by atomic mass is 35.5. The van der Waals surface area contributed by atoms with Gasteiger partial charge < -0.3 is 10.2 Å². The molecule has 0 unspecified atom stereocenters. The maximum Gasteiger partial charge on any atom is 0.417 e. The van der Waals surface area contributed by atoms with E-state index in [2.05, 4.69) is 10.3 Å². The van der Waals surface area contributed by atoms with E-state index in [1.54, 1.807) is 0 Å². The third-order valence-corrected chi connectivity index (χ3v) is 3.48. The molecule has 0 radical (unpaired) electrons. The predicted molar refractivity (Wildman–Crippen MR) is 68.5 cm³/mol. The monoisotopic (exact) mass is 293 g/mol. The fourth-order valence-electron chi connectivity index (χ4n) is 2.16. The molecule has 1 aromatic rings. The van der Waals surface area contributed by atoms with Crippen LogP contribution in [-0.2, 0) is 6.18 Å². The van der Waals surface area contributed by atoms with E-state index in [1.807, 2.05) is 18.7 Å². The molecule has 0 saturated carbocycles. The first-order valence-electron chi connectivity index (χ1n) is 5.93. The zero-order valence-electron chi connectivity index (χ0n) is 10.7. The molecule has 0 amide bonds. The van der Waals surface area contributed by atoms with Crippen LogP contribution in [0, 0.1) is 0 Å². The van der Waals surface area contributed by atoms with Gasteiger partial charge in [0, 0.05) is 31.4 Å². The number of halogens is 4. The van der Waals surface area contributed by atoms with Crippen LogP contribution in [0.5, 0.6) is 0 Å². The molecule has 2 heterocycles. The predicted octanol–water partition coefficient (Wildman–Crippen LogP) is 2.94. The minimum Gasteiger partial charge on any atom is -0.348 e. The molecule has 0 bridgehead atoms. The quantitative estimate of drug-likeness (QED) is 0.863. The summed E-state index contributed by atoms with van der Waals surface area (Å²) in [5.74, 6) is 0.404. The molecule has 19 heavy (non-hydrogen) atoms. The molecular weight excluding hydrogens is 279 g/mol. The smallest absolute Gasteiger partial charge is 0.348 e. The summed E-state index contributed by atoms with van der Waals surface area (Å²) in [7, 11) is 0. The van der Waals surface area contributed by atoms with Crippen LogP contribution in [0.15, 0.2) is 12.3 Å². The number of hydrogen-bond donors (Lipinski definition) is 1. The summed E-state index contributed by atoms with van der Waals surface area (Å²) in [4.78, 5) is 5.85. The largest absolute Gasteiger partial charge is 0.417 e. The second-order valence-electron chi connectivity index (χ2n) is 5.17. The van der Waals surface area contributed by atoms with Crippen molar-refractivity contribution in [3.05, 3.63) is 22.8 Å². The van der Waals surface area contributed by atoms with E-state index in [4.69, 9.17) is 11.6 Å². The number of aromatic nitrogens is 1. The summed E-state index contributed by atoms with van der Waals surface area (Å²) in [5.41, 5.74) is -1.07. The van der Waals surface area contributed by atoms with Gasteiger partial charge in [-0.15, -0.1) is 0 Å². The van der Waals surface area contributed by atoms with E-state index in [1.165, 1.54) is 0 Å². The van der Waals surface area contributed by atoms with Crippen LogP contribution in [0.3, 0.4) is 0 Å². The van der Waals surface area contributed by atoms with E-state index in [9.17, 15) is 13.2 Å². The fraction of sp³-hybridized carbons (Fsp3) is 0.583. The Morgan fingerprint density at radius 2 is 2.11 bits per heavy atom. The summed E-state index contributed by atoms with van der Waals surface area (Å²) in [6.07, 6.45) is -3.59. The molecule has 1 aromatic heterocycles. The SMILES string of the molecule is CC1(C)CNCCN1c1ncc(C(F)(F)F)cc1Cl. The molecule has 0 aliphatic carbocycles. The lowest BCUT2D eigenvalue weighted by Crippen LogP contribution is -2.58. The van der Waals surface area contributed by atoms with Gasteiger partial charge in [-0.05, 0) is 19.9 Å². The van der Waals surface area contributed by atoms with Crippen LogP contribution in [0.25, 0.3) is 0 Å². The van der Waals surface area contributed by atoms with Crippen molar-refractivity contribution in [1.82, 2.24) is 10.3 Å². The lowest BCUT2D eigenvalue weighted by molar-refractivity contribution is -0.137. The maximum absolute atomic E-state index is 12.6. The van der Waals surface area contributed by atoms with Crippen molar-refractivity contribution in [3.63, 3.8) is 0 Å². The van der Waals surface area contributed by atoms with Crippen molar-refractivity contribution in [1.29, 1.82) is 0 Å². The maximum atomic E-state index is 12.6. The van der Waals surface area contributed by atoms with Gasteiger partial charge in [0.05, 0.1) is 10.6 Å². The van der Waals surface area contributed by atoms with E-state index in [0.29, 0.717) is 12.4 Å². The highest BCUT2D eigenvalue weighted by Crippen LogP contribution is 2.35. The molecule has 1 N–H and O–H groups in total. The fourth-order valence-corrected chi connectivity index (χ4v) is 2.43. The second kappa shape index (κ2) is 4.83. The molecule has 0 atom stereocenters. The Morgan fingerprint density at radius 3 is 2.63 bits per heavy atom. The van der Waals surface area contributed by atoms with Gasteiger partial charge in [-0.3, -0.25) is 0 Å². The summed E-state index contributed by atoms with van der Waals surface area (Å²) >= 11 is 5.97. The van der Waals surface area contributed by atoms with Crippen molar-refractivity contribution < 1.29 is 13.2 Å². The molecule has 1 saturated heterocycles. The second-order valence-corrected chi connectivity index (χ2v) is 5.58. The number of nitrogens with one attached hydrogen (secondary N) is 1. The molecule has 1 fully saturated rings. The van der Waals surface area contributed by atoms with Gasteiger partial charge in [0.25, 0.3) is 0 Å². The number of anilines is 1. The zero-order chi connectivity index (χ0) is 14.3. The Hall–Kier alpha value is -1.01. The molecular formula is C12H15ClF3N3. The number of hydrogen-bond acceptors (Lipinski definition) is 3. The van der Waals surface area contributed by atoms with Crippen LogP contribution in [0.4, 0.5) is 19.0 Å². The van der Waals surface area contributed by atoms with Crippen LogP contribution in [0.2, 0.25) is 5.02 Å². The standard InChI is InChI=1S/C12H15ClF3N3/c1-11(2)7-17-3-4-19(11)10-9(13)5-8(6-18-10)12(14,15)16/h5-6,17H,3-4,7H2,1-2H3. The van der Waals surface area contributed by atoms with Gasteiger partial charge in [-0.1, -0.05) is 11.6 Å². The molecule has 1 aliphatic heterocycles. The minimum absolute atomic E-state index is 0.0322. The van der Waals surface area contributed by atoms with Gasteiger partial charge in [0.15, 0.2) is 0 Å². The first-order valence-corrected chi connectivity index (χ1v) is 6.31. The number of pyridine rings is 1. The van der Waals surface area contributed by atoms with Gasteiger partial charge in [0.2, 0.25) is 0 Å². The Morgan fingerprint density at radius 1 is 1.42 bits per heavy atom. The summed E-state index contributed by atoms with van der Waals surface area (Å²) in [5, 5.41) is 3.27. The Labute approximate surface area is 114 Å². The van der Waals surface area contributed by atoms with Crippen LogP contribution >= 0.6 is 11.6 Å². The van der Waals surface area contributed by atoms with Gasteiger partial charge in [0.1, 0.15) is 5.82 Å². The van der Waals surface area contributed by atoms with Crippen molar-refractivity contribution in [2.24, 2.45) is 0 Å². The Kier molecular flexibility index (Phi) is 3.66. The average Bonchev–Trinajstić information content (AvgIpc) is 2.28. The molecule has 106 valence electrons. The molecule has 2 rings (SSSR count). The van der Waals surface area contributed by atoms with E-state index >= 15 is 0 Å². The molecule has 0 spiro atoms. The summed E-state index contributed by atoms with van der Waals surface area (Å²) < 4.78 is 37.7. The van der Waals surface area contributed by atoms with Crippen molar-refractivity contribution in [2.75, 3.05) is 24.5 Å². The lowest BCUT2D eigenvalue weighted by Gasteiger charge is -2.44. The van der Waals surface area contributed by atoms with E-state index in [0.717, 1.165) is 25.4 Å². The van der Waals surface area contributed by atoms with Gasteiger partial charge >= 0.3 is 6.18 Å². The molecule has 0 aromatic carbocycles. The number of piperazine rings is 1. The normalized spacial score (nSPS) is 19.6. The average molecular weight is 294 g/mol. The molecule has 7 heteroatoms. The first-order chi connectivity index (χ1) is 8.72. The number of nitrogens with zero attached hydrogens (tertiary/aromatic N) is 2. The third kappa shape index (κ3) is 2.95. The first kappa shape index (κ1) is 14.4. The van der Waals surface area contributed by atoms with E-state index in [-0.39, 0.29) is 10.6 Å². The minimum atomic E-state index is -4.42. The Bertz CT molecular complexity index is 474. The number of rotatable bonds is 1. The highest BCUT2D eigenvalue weighted by Gasteiger charge is 2.35. The summed E-state index contributed by atoms with van der Waals surface area (Å²) in [6.45, 7) is 6.13. The van der Waals surface area contributed by atoms with Crippen molar-refractivity contribution in [3.8, 4) is 0 Å². The van der Waals surface area contributed by atoms with E-state index < -0.39 is 11.7 Å². The molecule has 3 nitrogen and oxygen atoms in total. The van der Waals surface area contributed by atoms with Crippen LogP contribution < -0.4 is 10.2 Å². The van der Waals surface area contributed by atoms with Gasteiger partial charge in [-0.25, -0.2) is 4.98 Å². The van der Waals surface area contributed by atoms with Crippen molar-refractivity contribution in [2.45, 2.75) is 25.6 Å². The van der Waals surface area contributed by atoms with Crippen LogP contribution in [-0.4, -0.2) is 30.2 Å². The van der Waals surface area contributed by atoms with Crippen LogP contribution in [0.1, 0.15) is 19.4 Å².